The third kappa shape index (κ3) is 3.99. The van der Waals surface area contributed by atoms with E-state index in [-0.39, 0.29) is 29.4 Å². The van der Waals surface area contributed by atoms with E-state index in [4.69, 9.17) is 14.7 Å². The third-order valence-electron chi connectivity index (χ3n) is 5.88. The Morgan fingerprint density at radius 2 is 1.81 bits per heavy atom. The molecule has 1 heterocycles. The van der Waals surface area contributed by atoms with Gasteiger partial charge in [0.05, 0.1) is 36.8 Å². The smallest absolute Gasteiger partial charge is 0.262 e. The second kappa shape index (κ2) is 8.88. The first kappa shape index (κ1) is 21.6. The van der Waals surface area contributed by atoms with Gasteiger partial charge >= 0.3 is 0 Å². The highest BCUT2D eigenvalue weighted by atomic mass is 16.5. The summed E-state index contributed by atoms with van der Waals surface area (Å²) in [6.07, 6.45) is 3.68. The Kier molecular flexibility index (Phi) is 6.00. The van der Waals surface area contributed by atoms with Crippen LogP contribution >= 0.6 is 0 Å². The fourth-order valence-corrected chi connectivity index (χ4v) is 4.29. The van der Waals surface area contributed by atoms with E-state index in [1.807, 2.05) is 0 Å². The number of hydrogen-bond donors (Lipinski definition) is 3. The van der Waals surface area contributed by atoms with Gasteiger partial charge in [-0.15, -0.1) is 0 Å². The molecule has 2 aromatic rings. The fraction of sp³-hybridized carbons (Fsp3) is 0.348. The van der Waals surface area contributed by atoms with Gasteiger partial charge in [-0.1, -0.05) is 6.07 Å². The van der Waals surface area contributed by atoms with E-state index in [0.717, 1.165) is 30.6 Å². The molecule has 0 spiro atoms. The maximum atomic E-state index is 13.1. The van der Waals surface area contributed by atoms with E-state index in [0.29, 0.717) is 17.1 Å². The molecule has 9 heteroatoms. The first-order chi connectivity index (χ1) is 15.4. The molecule has 1 saturated carbocycles. The number of phenolic OH excluding ortho intramolecular Hbond substituents is 1. The Balaban J connectivity index is 1.73. The predicted octanol–water partition coefficient (Wildman–Crippen LogP) is 2.96. The first-order valence-electron chi connectivity index (χ1n) is 10.4. The number of imide groups is 1. The van der Waals surface area contributed by atoms with Crippen molar-refractivity contribution >= 4 is 17.7 Å². The molecule has 3 amide bonds. The van der Waals surface area contributed by atoms with Gasteiger partial charge in [-0.2, -0.15) is 0 Å². The van der Waals surface area contributed by atoms with Crippen molar-refractivity contribution in [2.24, 2.45) is 0 Å². The topological polar surface area (TPSA) is 125 Å². The second-order valence-electron chi connectivity index (χ2n) is 7.90. The quantitative estimate of drug-likeness (QED) is 0.343. The molecule has 3 N–H and O–H groups in total. The summed E-state index contributed by atoms with van der Waals surface area (Å²) in [7, 11) is 1.52. The van der Waals surface area contributed by atoms with E-state index < -0.39 is 23.8 Å². The number of hydrogen-bond acceptors (Lipinski definition) is 7. The molecule has 9 nitrogen and oxygen atoms in total. The average molecular weight is 440 g/mol. The highest BCUT2D eigenvalue weighted by Crippen LogP contribution is 2.39. The van der Waals surface area contributed by atoms with Gasteiger partial charge in [0.25, 0.3) is 11.8 Å². The lowest BCUT2D eigenvalue weighted by molar-refractivity contribution is -0.130. The molecule has 1 atom stereocenters. The van der Waals surface area contributed by atoms with Gasteiger partial charge in [-0.05, 0) is 61.6 Å². The summed E-state index contributed by atoms with van der Waals surface area (Å²) in [4.78, 5) is 39.2. The van der Waals surface area contributed by atoms with Crippen LogP contribution in [-0.4, -0.2) is 46.1 Å². The SMILES string of the molecule is COc1ccc(C(CC(=O)NO)N2C(=O)c3ccc(O)cc3C2=O)cc1OC1CCCC1. The summed E-state index contributed by atoms with van der Waals surface area (Å²) in [6.45, 7) is 0. The van der Waals surface area contributed by atoms with Gasteiger partial charge in [-0.3, -0.25) is 24.5 Å². The maximum Gasteiger partial charge on any atom is 0.262 e. The van der Waals surface area contributed by atoms with Crippen LogP contribution in [0.25, 0.3) is 0 Å². The average Bonchev–Trinajstić information content (AvgIpc) is 3.38. The summed E-state index contributed by atoms with van der Waals surface area (Å²) in [5.74, 6) is -1.17. The van der Waals surface area contributed by atoms with Crippen molar-refractivity contribution < 1.29 is 34.2 Å². The number of benzene rings is 2. The normalized spacial score (nSPS) is 16.8. The minimum Gasteiger partial charge on any atom is -0.508 e. The molecule has 168 valence electrons. The van der Waals surface area contributed by atoms with Crippen LogP contribution in [0, 0.1) is 0 Å². The number of methoxy groups -OCH3 is 1. The summed E-state index contributed by atoms with van der Waals surface area (Å²) in [5, 5.41) is 18.8. The van der Waals surface area contributed by atoms with Gasteiger partial charge in [-0.25, -0.2) is 5.48 Å². The van der Waals surface area contributed by atoms with Gasteiger partial charge < -0.3 is 14.6 Å². The van der Waals surface area contributed by atoms with Crippen LogP contribution in [0.4, 0.5) is 0 Å². The van der Waals surface area contributed by atoms with Crippen LogP contribution < -0.4 is 15.0 Å². The van der Waals surface area contributed by atoms with Crippen LogP contribution in [0.3, 0.4) is 0 Å². The number of hydroxylamine groups is 1. The molecule has 0 radical (unpaired) electrons. The first-order valence-corrected chi connectivity index (χ1v) is 10.4. The van der Waals surface area contributed by atoms with Crippen molar-refractivity contribution in [1.82, 2.24) is 10.4 Å². The monoisotopic (exact) mass is 440 g/mol. The number of rotatable bonds is 7. The van der Waals surface area contributed by atoms with Gasteiger partial charge in [0.1, 0.15) is 5.75 Å². The van der Waals surface area contributed by atoms with Crippen LogP contribution in [0.5, 0.6) is 17.2 Å². The lowest BCUT2D eigenvalue weighted by atomic mass is 10.0. The molecule has 2 aliphatic rings. The largest absolute Gasteiger partial charge is 0.508 e. The molecule has 1 aliphatic carbocycles. The van der Waals surface area contributed by atoms with E-state index in [2.05, 4.69) is 0 Å². The molecule has 4 rings (SSSR count). The number of fused-ring (bicyclic) bond motifs is 1. The van der Waals surface area contributed by atoms with Gasteiger partial charge in [0, 0.05) is 0 Å². The standard InChI is InChI=1S/C23H24N2O7/c1-31-19-9-6-13(10-20(19)32-15-4-2-3-5-15)18(12-21(27)24-30)25-22(28)16-8-7-14(26)11-17(16)23(25)29/h6-11,15,18,26,30H,2-5,12H2,1H3,(H,24,27). The summed E-state index contributed by atoms with van der Waals surface area (Å²) >= 11 is 0. The Morgan fingerprint density at radius 3 is 2.50 bits per heavy atom. The van der Waals surface area contributed by atoms with Crippen LogP contribution in [0.1, 0.15) is 64.4 Å². The van der Waals surface area contributed by atoms with Crippen molar-refractivity contribution in [2.45, 2.75) is 44.2 Å². The zero-order chi connectivity index (χ0) is 22.8. The Hall–Kier alpha value is -3.59. The van der Waals surface area contributed by atoms with Gasteiger partial charge in [0.15, 0.2) is 11.5 Å². The highest BCUT2D eigenvalue weighted by Gasteiger charge is 2.41. The van der Waals surface area contributed by atoms with Crippen molar-refractivity contribution in [3.8, 4) is 17.2 Å². The molecular formula is C23H24N2O7. The van der Waals surface area contributed by atoms with E-state index in [9.17, 15) is 19.5 Å². The van der Waals surface area contributed by atoms with Crippen molar-refractivity contribution in [3.63, 3.8) is 0 Å². The molecule has 1 aliphatic heterocycles. The minimum absolute atomic E-state index is 0.0422. The molecular weight excluding hydrogens is 416 g/mol. The maximum absolute atomic E-state index is 13.1. The lowest BCUT2D eigenvalue weighted by Gasteiger charge is -2.27. The number of aromatic hydroxyl groups is 1. The summed E-state index contributed by atoms with van der Waals surface area (Å²) in [5.41, 5.74) is 2.23. The Labute approximate surface area is 184 Å². The van der Waals surface area contributed by atoms with Crippen LogP contribution in [-0.2, 0) is 4.79 Å². The fourth-order valence-electron chi connectivity index (χ4n) is 4.29. The van der Waals surface area contributed by atoms with Gasteiger partial charge in [0.2, 0.25) is 5.91 Å². The number of amides is 3. The lowest BCUT2D eigenvalue weighted by Crippen LogP contribution is -2.37. The van der Waals surface area contributed by atoms with Crippen LogP contribution in [0.15, 0.2) is 36.4 Å². The Bertz CT molecular complexity index is 1060. The molecule has 0 saturated heterocycles. The van der Waals surface area contributed by atoms with E-state index >= 15 is 0 Å². The molecule has 1 unspecified atom stereocenters. The highest BCUT2D eigenvalue weighted by molar-refractivity contribution is 6.21. The van der Waals surface area contributed by atoms with E-state index in [1.165, 1.54) is 25.3 Å². The predicted molar refractivity (Wildman–Crippen MR) is 112 cm³/mol. The minimum atomic E-state index is -1.01. The molecule has 0 bridgehead atoms. The van der Waals surface area contributed by atoms with E-state index in [1.54, 1.807) is 23.7 Å². The number of phenols is 1. The van der Waals surface area contributed by atoms with Crippen molar-refractivity contribution in [2.75, 3.05) is 7.11 Å². The summed E-state index contributed by atoms with van der Waals surface area (Å²) < 4.78 is 11.5. The Morgan fingerprint density at radius 1 is 1.09 bits per heavy atom. The number of nitrogens with one attached hydrogen (secondary N) is 1. The zero-order valence-electron chi connectivity index (χ0n) is 17.5. The number of carbonyl (C=O) groups excluding carboxylic acids is 3. The van der Waals surface area contributed by atoms with Crippen molar-refractivity contribution in [1.29, 1.82) is 0 Å². The summed E-state index contributed by atoms with van der Waals surface area (Å²) in [6, 6.07) is 7.88. The zero-order valence-corrected chi connectivity index (χ0v) is 17.5. The third-order valence-corrected chi connectivity index (χ3v) is 5.88. The number of ether oxygens (including phenoxy) is 2. The molecule has 0 aromatic heterocycles. The number of nitrogens with zero attached hydrogens (tertiary/aromatic N) is 1. The number of carbonyl (C=O) groups is 3. The molecule has 1 fully saturated rings. The molecule has 2 aromatic carbocycles. The second-order valence-corrected chi connectivity index (χ2v) is 7.90. The van der Waals surface area contributed by atoms with Crippen molar-refractivity contribution in [3.05, 3.63) is 53.1 Å². The van der Waals surface area contributed by atoms with Crippen LogP contribution in [0.2, 0.25) is 0 Å². The molecule has 32 heavy (non-hydrogen) atoms.